The molecule has 0 atom stereocenters. The van der Waals surface area contributed by atoms with Crippen LogP contribution in [-0.2, 0) is 9.59 Å². The van der Waals surface area contributed by atoms with Crippen LogP contribution in [0, 0.1) is 0 Å². The number of rotatable bonds is 3. The van der Waals surface area contributed by atoms with Crippen molar-refractivity contribution in [1.82, 2.24) is 10.2 Å². The summed E-state index contributed by atoms with van der Waals surface area (Å²) < 4.78 is 37.5. The number of amides is 2. The van der Waals surface area contributed by atoms with Crippen LogP contribution in [0.3, 0.4) is 0 Å². The normalized spacial score (nSPS) is 16.4. The third kappa shape index (κ3) is 5.36. The van der Waals surface area contributed by atoms with E-state index in [0.717, 1.165) is 10.0 Å². The Hall–Kier alpha value is -1.83. The van der Waals surface area contributed by atoms with E-state index in [4.69, 9.17) is 0 Å². The molecule has 2 amide bonds. The Bertz CT molecular complexity index is 638. The number of carbonyl (C=O) groups is 2. The Balaban J connectivity index is 1.83. The lowest BCUT2D eigenvalue weighted by molar-refractivity contribution is -0.174. The summed E-state index contributed by atoms with van der Waals surface area (Å²) in [5.41, 5.74) is 0.866. The molecule has 1 aliphatic heterocycles. The van der Waals surface area contributed by atoms with Crippen LogP contribution in [0.25, 0.3) is 6.08 Å². The van der Waals surface area contributed by atoms with E-state index in [-0.39, 0.29) is 5.91 Å². The quantitative estimate of drug-likeness (QED) is 0.786. The van der Waals surface area contributed by atoms with Gasteiger partial charge in [0.05, 0.1) is 0 Å². The summed E-state index contributed by atoms with van der Waals surface area (Å²) in [4.78, 5) is 24.6. The van der Waals surface area contributed by atoms with E-state index in [1.807, 2.05) is 29.6 Å². The molecule has 0 saturated carbocycles. The van der Waals surface area contributed by atoms with E-state index in [1.165, 1.54) is 6.08 Å². The highest BCUT2D eigenvalue weighted by Gasteiger charge is 2.40. The van der Waals surface area contributed by atoms with Crippen LogP contribution >= 0.6 is 15.9 Å². The molecule has 0 aliphatic carbocycles. The van der Waals surface area contributed by atoms with Gasteiger partial charge in [-0.25, -0.2) is 0 Å². The first-order chi connectivity index (χ1) is 11.3. The van der Waals surface area contributed by atoms with E-state index < -0.39 is 18.1 Å². The van der Waals surface area contributed by atoms with Gasteiger partial charge in [0, 0.05) is 29.7 Å². The maximum absolute atomic E-state index is 12.2. The lowest BCUT2D eigenvalue weighted by atomic mass is 10.0. The summed E-state index contributed by atoms with van der Waals surface area (Å²) in [6, 6.07) is 6.88. The first kappa shape index (κ1) is 18.5. The van der Waals surface area contributed by atoms with Crippen molar-refractivity contribution in [2.75, 3.05) is 13.1 Å². The lowest BCUT2D eigenvalue weighted by Crippen LogP contribution is -2.49. The molecule has 4 nitrogen and oxygen atoms in total. The molecule has 0 unspecified atom stereocenters. The molecule has 1 aliphatic rings. The Morgan fingerprint density at radius 2 is 1.92 bits per heavy atom. The second-order valence-corrected chi connectivity index (χ2v) is 6.37. The van der Waals surface area contributed by atoms with Crippen molar-refractivity contribution in [2.24, 2.45) is 0 Å². The minimum atomic E-state index is -4.88. The lowest BCUT2D eigenvalue weighted by Gasteiger charge is -2.31. The Morgan fingerprint density at radius 1 is 1.25 bits per heavy atom. The van der Waals surface area contributed by atoms with Gasteiger partial charge < -0.3 is 10.2 Å². The van der Waals surface area contributed by atoms with Gasteiger partial charge in [-0.3, -0.25) is 9.59 Å². The largest absolute Gasteiger partial charge is 0.471 e. The van der Waals surface area contributed by atoms with Crippen LogP contribution < -0.4 is 5.32 Å². The van der Waals surface area contributed by atoms with E-state index >= 15 is 0 Å². The molecule has 130 valence electrons. The predicted molar refractivity (Wildman–Crippen MR) is 87.0 cm³/mol. The van der Waals surface area contributed by atoms with Gasteiger partial charge >= 0.3 is 12.1 Å². The first-order valence-electron chi connectivity index (χ1n) is 7.36. The molecule has 0 spiro atoms. The number of piperidine rings is 1. The Kier molecular flexibility index (Phi) is 6.04. The van der Waals surface area contributed by atoms with Crippen molar-refractivity contribution in [2.45, 2.75) is 25.1 Å². The fourth-order valence-corrected chi connectivity index (χ4v) is 2.81. The standard InChI is InChI=1S/C16H16BrF3N2O2/c17-12-3-1-2-11(10-12)4-5-14(23)22-8-6-13(7-9-22)21-15(24)16(18,19)20/h1-5,10,13H,6-9H2,(H,21,24)/b5-4+. The molecule has 1 N–H and O–H groups in total. The monoisotopic (exact) mass is 404 g/mol. The van der Waals surface area contributed by atoms with Crippen molar-refractivity contribution in [3.05, 3.63) is 40.4 Å². The van der Waals surface area contributed by atoms with Crippen LogP contribution in [-0.4, -0.2) is 42.0 Å². The molecule has 1 saturated heterocycles. The highest BCUT2D eigenvalue weighted by atomic mass is 79.9. The summed E-state index contributed by atoms with van der Waals surface area (Å²) >= 11 is 3.34. The second-order valence-electron chi connectivity index (χ2n) is 5.46. The number of likely N-dealkylation sites (tertiary alicyclic amines) is 1. The van der Waals surface area contributed by atoms with E-state index in [1.54, 1.807) is 11.0 Å². The summed E-state index contributed by atoms with van der Waals surface area (Å²) in [6.45, 7) is 0.620. The molecule has 1 fully saturated rings. The third-order valence-electron chi connectivity index (χ3n) is 3.67. The van der Waals surface area contributed by atoms with Crippen LogP contribution in [0.15, 0.2) is 34.8 Å². The van der Waals surface area contributed by atoms with Gasteiger partial charge in [0.2, 0.25) is 5.91 Å². The molecule has 1 aromatic carbocycles. The van der Waals surface area contributed by atoms with Gasteiger partial charge in [0.1, 0.15) is 0 Å². The van der Waals surface area contributed by atoms with Crippen molar-refractivity contribution in [1.29, 1.82) is 0 Å². The van der Waals surface area contributed by atoms with Gasteiger partial charge in [-0.1, -0.05) is 28.1 Å². The topological polar surface area (TPSA) is 49.4 Å². The summed E-state index contributed by atoms with van der Waals surface area (Å²) in [5.74, 6) is -2.13. The molecule has 24 heavy (non-hydrogen) atoms. The van der Waals surface area contributed by atoms with Crippen LogP contribution in [0.5, 0.6) is 0 Å². The predicted octanol–water partition coefficient (Wildman–Crippen LogP) is 3.13. The maximum Gasteiger partial charge on any atom is 0.471 e. The number of benzene rings is 1. The number of nitrogens with one attached hydrogen (secondary N) is 1. The first-order valence-corrected chi connectivity index (χ1v) is 8.15. The number of hydrogen-bond donors (Lipinski definition) is 1. The van der Waals surface area contributed by atoms with Crippen LogP contribution in [0.2, 0.25) is 0 Å². The van der Waals surface area contributed by atoms with Crippen molar-refractivity contribution < 1.29 is 22.8 Å². The zero-order chi connectivity index (χ0) is 17.7. The van der Waals surface area contributed by atoms with E-state index in [0.29, 0.717) is 25.9 Å². The van der Waals surface area contributed by atoms with E-state index in [9.17, 15) is 22.8 Å². The molecular weight excluding hydrogens is 389 g/mol. The number of alkyl halides is 3. The Morgan fingerprint density at radius 3 is 2.50 bits per heavy atom. The van der Waals surface area contributed by atoms with Crippen molar-refractivity contribution in [3.8, 4) is 0 Å². The molecule has 0 radical (unpaired) electrons. The van der Waals surface area contributed by atoms with Crippen LogP contribution in [0.1, 0.15) is 18.4 Å². The number of carbonyl (C=O) groups excluding carboxylic acids is 2. The number of nitrogens with zero attached hydrogens (tertiary/aromatic N) is 1. The number of hydrogen-bond acceptors (Lipinski definition) is 2. The molecule has 1 aromatic rings. The fourth-order valence-electron chi connectivity index (χ4n) is 2.39. The van der Waals surface area contributed by atoms with Gasteiger partial charge in [-0.15, -0.1) is 0 Å². The molecular formula is C16H16BrF3N2O2. The summed E-state index contributed by atoms with van der Waals surface area (Å²) in [7, 11) is 0. The smallest absolute Gasteiger partial charge is 0.345 e. The van der Waals surface area contributed by atoms with Crippen LogP contribution in [0.4, 0.5) is 13.2 Å². The minimum Gasteiger partial charge on any atom is -0.345 e. The van der Waals surface area contributed by atoms with Gasteiger partial charge in [0.25, 0.3) is 0 Å². The van der Waals surface area contributed by atoms with Gasteiger partial charge in [-0.2, -0.15) is 13.2 Å². The van der Waals surface area contributed by atoms with E-state index in [2.05, 4.69) is 15.9 Å². The van der Waals surface area contributed by atoms with Gasteiger partial charge in [0.15, 0.2) is 0 Å². The molecule has 0 aromatic heterocycles. The average Bonchev–Trinajstić information content (AvgIpc) is 2.52. The van der Waals surface area contributed by atoms with Crippen molar-refractivity contribution >= 4 is 33.8 Å². The zero-order valence-corrected chi connectivity index (χ0v) is 14.2. The molecule has 0 bridgehead atoms. The third-order valence-corrected chi connectivity index (χ3v) is 4.16. The SMILES string of the molecule is O=C(/C=C/c1cccc(Br)c1)N1CCC(NC(=O)C(F)(F)F)CC1. The second kappa shape index (κ2) is 7.83. The average molecular weight is 405 g/mol. The van der Waals surface area contributed by atoms with Gasteiger partial charge in [-0.05, 0) is 36.6 Å². The highest BCUT2D eigenvalue weighted by Crippen LogP contribution is 2.18. The van der Waals surface area contributed by atoms with Crippen molar-refractivity contribution in [3.63, 3.8) is 0 Å². The number of halogens is 4. The fraction of sp³-hybridized carbons (Fsp3) is 0.375. The molecule has 8 heteroatoms. The molecule has 2 rings (SSSR count). The zero-order valence-electron chi connectivity index (χ0n) is 12.6. The molecule has 1 heterocycles. The maximum atomic E-state index is 12.2. The minimum absolute atomic E-state index is 0.199. The Labute approximate surface area is 145 Å². The highest BCUT2D eigenvalue weighted by molar-refractivity contribution is 9.10. The summed E-state index contributed by atoms with van der Waals surface area (Å²) in [6.07, 6.45) is -1.14. The summed E-state index contributed by atoms with van der Waals surface area (Å²) in [5, 5.41) is 1.96.